The van der Waals surface area contributed by atoms with Crippen LogP contribution in [0.15, 0.2) is 42.5 Å². The van der Waals surface area contributed by atoms with Crippen molar-refractivity contribution in [2.75, 3.05) is 24.2 Å². The van der Waals surface area contributed by atoms with Crippen LogP contribution in [0.25, 0.3) is 0 Å². The van der Waals surface area contributed by atoms with Crippen molar-refractivity contribution in [3.63, 3.8) is 0 Å². The highest BCUT2D eigenvalue weighted by atomic mass is 35.5. The van der Waals surface area contributed by atoms with Crippen LogP contribution in [-0.4, -0.2) is 57.1 Å². The predicted molar refractivity (Wildman–Crippen MR) is 142 cm³/mol. The van der Waals surface area contributed by atoms with E-state index in [1.807, 2.05) is 0 Å². The van der Waals surface area contributed by atoms with Crippen LogP contribution < -0.4 is 14.4 Å². The molecule has 0 saturated heterocycles. The summed E-state index contributed by atoms with van der Waals surface area (Å²) in [6.45, 7) is 1.20. The lowest BCUT2D eigenvalue weighted by Crippen LogP contribution is -2.52. The van der Waals surface area contributed by atoms with Gasteiger partial charge < -0.3 is 15.0 Å². The third-order valence-corrected chi connectivity index (χ3v) is 7.84. The van der Waals surface area contributed by atoms with Gasteiger partial charge in [-0.3, -0.25) is 13.9 Å². The standard InChI is InChI=1S/C25H31Cl2N3O5S/c1-17(25(32)28-21-6-4-5-7-21)29(15-18-8-10-19(26)11-9-18)24(31)16-30(36(3,33)34)22-14-20(27)12-13-23(22)35-2/h8-14,17,21H,4-7,15-16H2,1-3H3,(H,28,32)/t17-/m0/s1. The summed E-state index contributed by atoms with van der Waals surface area (Å²) >= 11 is 12.1. The van der Waals surface area contributed by atoms with Crippen LogP contribution in [0.2, 0.25) is 10.0 Å². The highest BCUT2D eigenvalue weighted by Gasteiger charge is 2.32. The molecule has 196 valence electrons. The third-order valence-electron chi connectivity index (χ3n) is 6.22. The van der Waals surface area contributed by atoms with E-state index >= 15 is 0 Å². The van der Waals surface area contributed by atoms with Crippen molar-refractivity contribution in [1.29, 1.82) is 0 Å². The molecule has 0 radical (unpaired) electrons. The largest absolute Gasteiger partial charge is 0.495 e. The number of methoxy groups -OCH3 is 1. The molecule has 1 atom stereocenters. The van der Waals surface area contributed by atoms with Crippen LogP contribution in [0.5, 0.6) is 5.75 Å². The minimum absolute atomic E-state index is 0.0793. The van der Waals surface area contributed by atoms with Crippen LogP contribution in [0.3, 0.4) is 0 Å². The first-order valence-corrected chi connectivity index (χ1v) is 14.3. The molecule has 2 amide bonds. The quantitative estimate of drug-likeness (QED) is 0.472. The van der Waals surface area contributed by atoms with Gasteiger partial charge >= 0.3 is 0 Å². The average molecular weight is 557 g/mol. The summed E-state index contributed by atoms with van der Waals surface area (Å²) in [7, 11) is -2.51. The average Bonchev–Trinajstić information content (AvgIpc) is 3.33. The molecule has 1 N–H and O–H groups in total. The van der Waals surface area contributed by atoms with Crippen molar-refractivity contribution >= 4 is 50.7 Å². The summed E-state index contributed by atoms with van der Waals surface area (Å²) in [6.07, 6.45) is 4.91. The molecule has 2 aromatic rings. The van der Waals surface area contributed by atoms with Gasteiger partial charge in [-0.25, -0.2) is 8.42 Å². The Kier molecular flexibility index (Phi) is 9.49. The van der Waals surface area contributed by atoms with E-state index in [9.17, 15) is 18.0 Å². The molecule has 0 heterocycles. The number of halogens is 2. The van der Waals surface area contributed by atoms with E-state index in [4.69, 9.17) is 27.9 Å². The molecule has 36 heavy (non-hydrogen) atoms. The maximum atomic E-state index is 13.7. The zero-order chi connectivity index (χ0) is 26.5. The molecule has 0 aliphatic heterocycles. The molecule has 11 heteroatoms. The van der Waals surface area contributed by atoms with E-state index in [1.54, 1.807) is 37.3 Å². The van der Waals surface area contributed by atoms with E-state index in [2.05, 4.69) is 5.32 Å². The second-order valence-corrected chi connectivity index (χ2v) is 11.7. The van der Waals surface area contributed by atoms with Crippen molar-refractivity contribution in [3.05, 3.63) is 58.1 Å². The van der Waals surface area contributed by atoms with Crippen LogP contribution in [0, 0.1) is 0 Å². The number of ether oxygens (including phenoxy) is 1. The maximum Gasteiger partial charge on any atom is 0.244 e. The van der Waals surface area contributed by atoms with Crippen LogP contribution in [0.1, 0.15) is 38.2 Å². The Morgan fingerprint density at radius 3 is 2.28 bits per heavy atom. The Labute approximate surface area is 222 Å². The number of anilines is 1. The maximum absolute atomic E-state index is 13.7. The number of hydrogen-bond donors (Lipinski definition) is 1. The van der Waals surface area contributed by atoms with E-state index in [0.29, 0.717) is 5.02 Å². The first-order chi connectivity index (χ1) is 17.0. The fraction of sp³-hybridized carbons (Fsp3) is 0.440. The summed E-state index contributed by atoms with van der Waals surface area (Å²) in [5.74, 6) is -0.587. The Morgan fingerprint density at radius 2 is 1.69 bits per heavy atom. The second kappa shape index (κ2) is 12.2. The summed E-state index contributed by atoms with van der Waals surface area (Å²) in [5, 5.41) is 3.85. The highest BCUT2D eigenvalue weighted by Crippen LogP contribution is 2.33. The number of sulfonamides is 1. The lowest BCUT2D eigenvalue weighted by Gasteiger charge is -2.32. The number of hydrogen-bond acceptors (Lipinski definition) is 5. The minimum atomic E-state index is -3.91. The van der Waals surface area contributed by atoms with Gasteiger partial charge in [-0.1, -0.05) is 48.2 Å². The summed E-state index contributed by atoms with van der Waals surface area (Å²) < 4.78 is 31.8. The van der Waals surface area contributed by atoms with Gasteiger partial charge in [-0.2, -0.15) is 0 Å². The van der Waals surface area contributed by atoms with Gasteiger partial charge in [0.05, 0.1) is 19.1 Å². The van der Waals surface area contributed by atoms with Crippen LogP contribution in [-0.2, 0) is 26.2 Å². The summed E-state index contributed by atoms with van der Waals surface area (Å²) in [6, 6.07) is 10.7. The topological polar surface area (TPSA) is 96.0 Å². The predicted octanol–water partition coefficient (Wildman–Crippen LogP) is 4.24. The smallest absolute Gasteiger partial charge is 0.244 e. The van der Waals surface area contributed by atoms with E-state index in [-0.39, 0.29) is 35.0 Å². The van der Waals surface area contributed by atoms with Crippen LogP contribution >= 0.6 is 23.2 Å². The van der Waals surface area contributed by atoms with Crippen LogP contribution in [0.4, 0.5) is 5.69 Å². The lowest BCUT2D eigenvalue weighted by atomic mass is 10.1. The molecule has 0 aromatic heterocycles. The Balaban J connectivity index is 1.92. The fourth-order valence-corrected chi connectivity index (χ4v) is 5.35. The molecule has 0 bridgehead atoms. The van der Waals surface area contributed by atoms with Crippen molar-refractivity contribution in [1.82, 2.24) is 10.2 Å². The Bertz CT molecular complexity index is 1180. The molecule has 1 aliphatic carbocycles. The number of nitrogens with zero attached hydrogens (tertiary/aromatic N) is 2. The first-order valence-electron chi connectivity index (χ1n) is 11.6. The van der Waals surface area contributed by atoms with Gasteiger partial charge in [0.1, 0.15) is 18.3 Å². The van der Waals surface area contributed by atoms with Gasteiger partial charge in [0.15, 0.2) is 0 Å². The molecule has 0 unspecified atom stereocenters. The monoisotopic (exact) mass is 555 g/mol. The zero-order valence-electron chi connectivity index (χ0n) is 20.5. The van der Waals surface area contributed by atoms with Crippen molar-refractivity contribution < 1.29 is 22.7 Å². The summed E-state index contributed by atoms with van der Waals surface area (Å²) in [4.78, 5) is 28.1. The zero-order valence-corrected chi connectivity index (χ0v) is 22.9. The molecule has 1 fully saturated rings. The van der Waals surface area contributed by atoms with E-state index in [1.165, 1.54) is 24.1 Å². The van der Waals surface area contributed by atoms with Crippen molar-refractivity contribution in [2.24, 2.45) is 0 Å². The van der Waals surface area contributed by atoms with Gasteiger partial charge in [-0.15, -0.1) is 0 Å². The molecule has 8 nitrogen and oxygen atoms in total. The van der Waals surface area contributed by atoms with Gasteiger partial charge in [-0.05, 0) is 55.7 Å². The number of nitrogens with one attached hydrogen (secondary N) is 1. The Morgan fingerprint density at radius 1 is 1.08 bits per heavy atom. The van der Waals surface area contributed by atoms with Gasteiger partial charge in [0.2, 0.25) is 21.8 Å². The minimum Gasteiger partial charge on any atom is -0.495 e. The van der Waals surface area contributed by atoms with Crippen molar-refractivity contribution in [2.45, 2.75) is 51.2 Å². The highest BCUT2D eigenvalue weighted by molar-refractivity contribution is 7.92. The molecule has 3 rings (SSSR count). The second-order valence-electron chi connectivity index (χ2n) is 8.90. The number of carbonyl (C=O) groups is 2. The Hall–Kier alpha value is -2.49. The van der Waals surface area contributed by atoms with E-state index < -0.39 is 28.5 Å². The third kappa shape index (κ3) is 7.27. The number of benzene rings is 2. The molecular weight excluding hydrogens is 525 g/mol. The molecule has 0 spiro atoms. The van der Waals surface area contributed by atoms with Crippen molar-refractivity contribution in [3.8, 4) is 5.75 Å². The van der Waals surface area contributed by atoms with Gasteiger partial charge in [0.25, 0.3) is 0 Å². The number of rotatable bonds is 10. The number of amides is 2. The van der Waals surface area contributed by atoms with E-state index in [0.717, 1.165) is 41.8 Å². The molecule has 2 aromatic carbocycles. The first kappa shape index (κ1) is 28.1. The lowest BCUT2D eigenvalue weighted by molar-refractivity contribution is -0.139. The molecular formula is C25H31Cl2N3O5S. The SMILES string of the molecule is COc1ccc(Cl)cc1N(CC(=O)N(Cc1ccc(Cl)cc1)[C@@H](C)C(=O)NC1CCCC1)S(C)(=O)=O. The number of carbonyl (C=O) groups excluding carboxylic acids is 2. The van der Waals surface area contributed by atoms with Gasteiger partial charge in [0, 0.05) is 22.6 Å². The molecule has 1 saturated carbocycles. The fourth-order valence-electron chi connectivity index (χ4n) is 4.21. The summed E-state index contributed by atoms with van der Waals surface area (Å²) in [5.41, 5.74) is 0.884. The molecule has 1 aliphatic rings. The normalized spacial score (nSPS) is 14.8.